The number of nitrogens with zero attached hydrogens (tertiary/aromatic N) is 1. The number of benzene rings is 1. The first-order valence-corrected chi connectivity index (χ1v) is 6.50. The third kappa shape index (κ3) is 4.18. The van der Waals surface area contributed by atoms with Crippen LogP contribution in [0.2, 0.25) is 0 Å². The van der Waals surface area contributed by atoms with Crippen LogP contribution in [0.25, 0.3) is 0 Å². The maximum absolute atomic E-state index is 13.6. The minimum atomic E-state index is -3.16. The number of carbonyl (C=O) groups is 1. The zero-order chi connectivity index (χ0) is 17.0. The SMILES string of the molecule is Cc1c(F)cncc1CNC(=O)c1ccc(OC(F)F)c(F)c1. The number of carbonyl (C=O) groups excluding carboxylic acids is 1. The summed E-state index contributed by atoms with van der Waals surface area (Å²) in [6, 6.07) is 2.86. The van der Waals surface area contributed by atoms with Crippen LogP contribution in [0.5, 0.6) is 5.75 Å². The summed E-state index contributed by atoms with van der Waals surface area (Å²) in [7, 11) is 0. The maximum atomic E-state index is 13.6. The number of rotatable bonds is 5. The van der Waals surface area contributed by atoms with Crippen LogP contribution >= 0.6 is 0 Å². The van der Waals surface area contributed by atoms with Gasteiger partial charge >= 0.3 is 6.61 Å². The monoisotopic (exact) mass is 328 g/mol. The summed E-state index contributed by atoms with van der Waals surface area (Å²) < 4.78 is 54.9. The molecule has 1 heterocycles. The highest BCUT2D eigenvalue weighted by molar-refractivity contribution is 5.94. The van der Waals surface area contributed by atoms with Gasteiger partial charge in [0.1, 0.15) is 5.82 Å². The van der Waals surface area contributed by atoms with Crippen LogP contribution in [-0.4, -0.2) is 17.5 Å². The Morgan fingerprint density at radius 1 is 1.26 bits per heavy atom. The van der Waals surface area contributed by atoms with Crippen molar-refractivity contribution in [3.05, 3.63) is 58.9 Å². The van der Waals surface area contributed by atoms with Crippen LogP contribution in [-0.2, 0) is 6.54 Å². The zero-order valence-corrected chi connectivity index (χ0v) is 11.9. The van der Waals surface area contributed by atoms with E-state index < -0.39 is 29.9 Å². The molecule has 0 aliphatic heterocycles. The number of nitrogens with one attached hydrogen (secondary N) is 1. The third-order valence-corrected chi connectivity index (χ3v) is 3.11. The van der Waals surface area contributed by atoms with E-state index in [0.717, 1.165) is 24.4 Å². The Kier molecular flexibility index (Phi) is 5.15. The Labute approximate surface area is 129 Å². The number of ether oxygens (including phenoxy) is 1. The lowest BCUT2D eigenvalue weighted by molar-refractivity contribution is -0.0521. The van der Waals surface area contributed by atoms with Gasteiger partial charge in [-0.15, -0.1) is 0 Å². The molecule has 0 bridgehead atoms. The Balaban J connectivity index is 2.06. The van der Waals surface area contributed by atoms with E-state index in [0.29, 0.717) is 11.1 Å². The third-order valence-electron chi connectivity index (χ3n) is 3.11. The molecule has 122 valence electrons. The smallest absolute Gasteiger partial charge is 0.387 e. The largest absolute Gasteiger partial charge is 0.432 e. The van der Waals surface area contributed by atoms with Gasteiger partial charge in [0.25, 0.3) is 5.91 Å². The highest BCUT2D eigenvalue weighted by Gasteiger charge is 2.14. The molecule has 1 aromatic heterocycles. The molecule has 0 radical (unpaired) electrons. The van der Waals surface area contributed by atoms with Crippen molar-refractivity contribution in [1.29, 1.82) is 0 Å². The van der Waals surface area contributed by atoms with Gasteiger partial charge in [-0.3, -0.25) is 9.78 Å². The van der Waals surface area contributed by atoms with Crippen molar-refractivity contribution in [2.24, 2.45) is 0 Å². The molecule has 0 fully saturated rings. The number of amides is 1. The van der Waals surface area contributed by atoms with Gasteiger partial charge in [0.15, 0.2) is 11.6 Å². The molecule has 1 N–H and O–H groups in total. The molecule has 0 spiro atoms. The normalized spacial score (nSPS) is 10.7. The average Bonchev–Trinajstić information content (AvgIpc) is 2.50. The standard InChI is InChI=1S/C15H12F4N2O2/c1-8-10(5-20-7-12(8)17)6-21-14(22)9-2-3-13(11(16)4-9)23-15(18)19/h2-5,7,15H,6H2,1H3,(H,21,22). The molecule has 1 aromatic carbocycles. The molecule has 0 aliphatic carbocycles. The van der Waals surface area contributed by atoms with Gasteiger partial charge in [-0.25, -0.2) is 8.78 Å². The second-order valence-corrected chi connectivity index (χ2v) is 4.61. The van der Waals surface area contributed by atoms with E-state index in [-0.39, 0.29) is 12.1 Å². The molecule has 4 nitrogen and oxygen atoms in total. The molecule has 23 heavy (non-hydrogen) atoms. The maximum Gasteiger partial charge on any atom is 0.387 e. The Morgan fingerprint density at radius 3 is 2.65 bits per heavy atom. The molecular formula is C15H12F4N2O2. The summed E-state index contributed by atoms with van der Waals surface area (Å²) in [5, 5.41) is 2.47. The molecule has 1 amide bonds. The summed E-state index contributed by atoms with van der Waals surface area (Å²) in [6.07, 6.45) is 2.45. The van der Waals surface area contributed by atoms with Crippen LogP contribution in [0.15, 0.2) is 30.6 Å². The van der Waals surface area contributed by atoms with Crippen molar-refractivity contribution >= 4 is 5.91 Å². The molecule has 2 aromatic rings. The van der Waals surface area contributed by atoms with Gasteiger partial charge in [-0.1, -0.05) is 0 Å². The molecule has 0 unspecified atom stereocenters. The van der Waals surface area contributed by atoms with Crippen molar-refractivity contribution in [2.75, 3.05) is 0 Å². The molecule has 2 rings (SSSR count). The summed E-state index contributed by atoms with van der Waals surface area (Å²) in [5.41, 5.74) is 0.731. The minimum Gasteiger partial charge on any atom is -0.432 e. The fourth-order valence-electron chi connectivity index (χ4n) is 1.83. The highest BCUT2D eigenvalue weighted by Crippen LogP contribution is 2.20. The van der Waals surface area contributed by atoms with E-state index in [4.69, 9.17) is 0 Å². The number of hydrogen-bond acceptors (Lipinski definition) is 3. The quantitative estimate of drug-likeness (QED) is 0.858. The van der Waals surface area contributed by atoms with Gasteiger partial charge in [0.2, 0.25) is 0 Å². The van der Waals surface area contributed by atoms with Gasteiger partial charge in [0.05, 0.1) is 6.20 Å². The molecule has 0 atom stereocenters. The summed E-state index contributed by atoms with van der Waals surface area (Å²) in [4.78, 5) is 15.6. The lowest BCUT2D eigenvalue weighted by Crippen LogP contribution is -2.23. The number of alkyl halides is 2. The lowest BCUT2D eigenvalue weighted by Gasteiger charge is -2.10. The van der Waals surface area contributed by atoms with Crippen LogP contribution in [0, 0.1) is 18.6 Å². The second-order valence-electron chi connectivity index (χ2n) is 4.61. The van der Waals surface area contributed by atoms with E-state index in [1.54, 1.807) is 0 Å². The average molecular weight is 328 g/mol. The Hall–Kier alpha value is -2.64. The van der Waals surface area contributed by atoms with Gasteiger partial charge in [0, 0.05) is 18.3 Å². The summed E-state index contributed by atoms with van der Waals surface area (Å²) in [5.74, 6) is -2.88. The lowest BCUT2D eigenvalue weighted by atomic mass is 10.1. The van der Waals surface area contributed by atoms with Gasteiger partial charge in [-0.2, -0.15) is 8.78 Å². The van der Waals surface area contributed by atoms with Crippen LogP contribution in [0.4, 0.5) is 17.6 Å². The van der Waals surface area contributed by atoms with Crippen LogP contribution in [0.1, 0.15) is 21.5 Å². The van der Waals surface area contributed by atoms with Crippen molar-refractivity contribution in [3.63, 3.8) is 0 Å². The zero-order valence-electron chi connectivity index (χ0n) is 11.9. The van der Waals surface area contributed by atoms with E-state index in [2.05, 4.69) is 15.0 Å². The summed E-state index contributed by atoms with van der Waals surface area (Å²) >= 11 is 0. The first-order chi connectivity index (χ1) is 10.9. The Morgan fingerprint density at radius 2 is 2.00 bits per heavy atom. The fraction of sp³-hybridized carbons (Fsp3) is 0.200. The topological polar surface area (TPSA) is 51.2 Å². The van der Waals surface area contributed by atoms with E-state index in [1.165, 1.54) is 13.1 Å². The number of halogens is 4. The van der Waals surface area contributed by atoms with Crippen molar-refractivity contribution in [1.82, 2.24) is 10.3 Å². The van der Waals surface area contributed by atoms with Gasteiger partial charge < -0.3 is 10.1 Å². The van der Waals surface area contributed by atoms with E-state index in [9.17, 15) is 22.4 Å². The Bertz CT molecular complexity index is 723. The molecular weight excluding hydrogens is 316 g/mol. The van der Waals surface area contributed by atoms with Crippen molar-refractivity contribution < 1.29 is 27.1 Å². The number of pyridine rings is 1. The van der Waals surface area contributed by atoms with Crippen molar-refractivity contribution in [3.8, 4) is 5.75 Å². The van der Waals surface area contributed by atoms with Crippen LogP contribution in [0.3, 0.4) is 0 Å². The second kappa shape index (κ2) is 7.08. The van der Waals surface area contributed by atoms with Gasteiger partial charge in [-0.05, 0) is 36.2 Å². The predicted octanol–water partition coefficient (Wildman–Crippen LogP) is 3.20. The molecule has 0 aliphatic rings. The fourth-order valence-corrected chi connectivity index (χ4v) is 1.83. The number of aromatic nitrogens is 1. The highest BCUT2D eigenvalue weighted by atomic mass is 19.3. The van der Waals surface area contributed by atoms with E-state index in [1.807, 2.05) is 0 Å². The van der Waals surface area contributed by atoms with E-state index >= 15 is 0 Å². The molecule has 0 saturated heterocycles. The van der Waals surface area contributed by atoms with Crippen LogP contribution < -0.4 is 10.1 Å². The minimum absolute atomic E-state index is 0.00761. The summed E-state index contributed by atoms with van der Waals surface area (Å²) in [6.45, 7) is -1.63. The molecule has 0 saturated carbocycles. The predicted molar refractivity (Wildman–Crippen MR) is 73.1 cm³/mol. The molecule has 8 heteroatoms. The van der Waals surface area contributed by atoms with Crippen molar-refractivity contribution in [2.45, 2.75) is 20.1 Å². The first kappa shape index (κ1) is 16.7. The first-order valence-electron chi connectivity index (χ1n) is 6.50. The number of hydrogen-bond donors (Lipinski definition) is 1.